The van der Waals surface area contributed by atoms with E-state index in [0.717, 1.165) is 4.47 Å². The third-order valence-corrected chi connectivity index (χ3v) is 3.94. The van der Waals surface area contributed by atoms with Crippen molar-refractivity contribution in [1.82, 2.24) is 19.9 Å². The lowest BCUT2D eigenvalue weighted by Gasteiger charge is -2.38. The molecule has 0 bridgehead atoms. The highest BCUT2D eigenvalue weighted by molar-refractivity contribution is 9.10. The number of hydrogen-bond donors (Lipinski definition) is 1. The van der Waals surface area contributed by atoms with Crippen LogP contribution in [0.1, 0.15) is 22.1 Å². The van der Waals surface area contributed by atoms with Crippen molar-refractivity contribution in [2.75, 3.05) is 13.1 Å². The topological polar surface area (TPSA) is 71.2 Å². The molecule has 0 aliphatic carbocycles. The Labute approximate surface area is 128 Å². The molecule has 21 heavy (non-hydrogen) atoms. The summed E-state index contributed by atoms with van der Waals surface area (Å²) in [6, 6.07) is 4.95. The summed E-state index contributed by atoms with van der Waals surface area (Å²) in [4.78, 5) is 12.8. The third-order valence-electron chi connectivity index (χ3n) is 3.44. The number of carboxylic acids is 1. The number of carboxylic acid groups (broad SMARTS) is 1. The van der Waals surface area contributed by atoms with Crippen LogP contribution in [0.2, 0.25) is 0 Å². The van der Waals surface area contributed by atoms with Gasteiger partial charge >= 0.3 is 5.97 Å². The van der Waals surface area contributed by atoms with E-state index in [-0.39, 0.29) is 17.6 Å². The summed E-state index contributed by atoms with van der Waals surface area (Å²) in [7, 11) is 0. The standard InChI is InChI=1S/C13H12BrFN4O2/c14-9-1-2-11(15)8(3-9)4-18-5-10(6-18)19-7-12(13(20)21)16-17-19/h1-3,7,10H,4-6H2,(H,20,21). The van der Waals surface area contributed by atoms with Gasteiger partial charge in [-0.25, -0.2) is 13.9 Å². The van der Waals surface area contributed by atoms with Gasteiger partial charge in [0.15, 0.2) is 5.69 Å². The van der Waals surface area contributed by atoms with E-state index >= 15 is 0 Å². The van der Waals surface area contributed by atoms with Crippen molar-refractivity contribution in [2.45, 2.75) is 12.6 Å². The Kier molecular flexibility index (Phi) is 3.73. The van der Waals surface area contributed by atoms with Crippen LogP contribution < -0.4 is 0 Å². The average Bonchev–Trinajstić information content (AvgIpc) is 2.86. The fraction of sp³-hybridized carbons (Fsp3) is 0.308. The van der Waals surface area contributed by atoms with E-state index < -0.39 is 5.97 Å². The van der Waals surface area contributed by atoms with Gasteiger partial charge in [0.1, 0.15) is 5.82 Å². The van der Waals surface area contributed by atoms with Crippen LogP contribution in [0.15, 0.2) is 28.9 Å². The molecule has 0 unspecified atom stereocenters. The van der Waals surface area contributed by atoms with Gasteiger partial charge in [0.05, 0.1) is 12.2 Å². The van der Waals surface area contributed by atoms with Crippen LogP contribution in [0.4, 0.5) is 4.39 Å². The van der Waals surface area contributed by atoms with E-state index in [1.54, 1.807) is 16.8 Å². The van der Waals surface area contributed by atoms with Crippen LogP contribution in [-0.4, -0.2) is 44.1 Å². The van der Waals surface area contributed by atoms with Gasteiger partial charge in [0.25, 0.3) is 0 Å². The molecule has 2 heterocycles. The first-order valence-corrected chi connectivity index (χ1v) is 7.13. The first-order chi connectivity index (χ1) is 10.0. The monoisotopic (exact) mass is 354 g/mol. The van der Waals surface area contributed by atoms with Crippen molar-refractivity contribution in [2.24, 2.45) is 0 Å². The Bertz CT molecular complexity index is 685. The van der Waals surface area contributed by atoms with Crippen molar-refractivity contribution in [3.8, 4) is 0 Å². The minimum absolute atomic E-state index is 0.0634. The molecule has 1 N–H and O–H groups in total. The van der Waals surface area contributed by atoms with Crippen LogP contribution in [0.3, 0.4) is 0 Å². The SMILES string of the molecule is O=C(O)c1cn(C2CN(Cc3cc(Br)ccc3F)C2)nn1. The van der Waals surface area contributed by atoms with Crippen molar-refractivity contribution in [3.05, 3.63) is 45.9 Å². The highest BCUT2D eigenvalue weighted by Gasteiger charge is 2.30. The number of halogens is 2. The maximum atomic E-state index is 13.7. The second-order valence-corrected chi connectivity index (χ2v) is 5.89. The Morgan fingerprint density at radius 3 is 2.90 bits per heavy atom. The highest BCUT2D eigenvalue weighted by atomic mass is 79.9. The Hall–Kier alpha value is -1.80. The third kappa shape index (κ3) is 2.96. The lowest BCUT2D eigenvalue weighted by atomic mass is 10.1. The molecule has 0 saturated carbocycles. The van der Waals surface area contributed by atoms with Crippen LogP contribution >= 0.6 is 15.9 Å². The van der Waals surface area contributed by atoms with Gasteiger partial charge in [-0.3, -0.25) is 4.90 Å². The van der Waals surface area contributed by atoms with Gasteiger partial charge in [-0.15, -0.1) is 5.10 Å². The fourth-order valence-electron chi connectivity index (χ4n) is 2.30. The van der Waals surface area contributed by atoms with E-state index in [1.807, 2.05) is 0 Å². The molecule has 2 aromatic rings. The van der Waals surface area contributed by atoms with Crippen LogP contribution in [0.25, 0.3) is 0 Å². The normalized spacial score (nSPS) is 15.9. The molecule has 8 heteroatoms. The summed E-state index contributed by atoms with van der Waals surface area (Å²) >= 11 is 3.33. The number of aromatic carboxylic acids is 1. The summed E-state index contributed by atoms with van der Waals surface area (Å²) in [5.41, 5.74) is 0.569. The van der Waals surface area contributed by atoms with Gasteiger partial charge in [0.2, 0.25) is 0 Å². The summed E-state index contributed by atoms with van der Waals surface area (Å²) in [6.45, 7) is 1.89. The first kappa shape index (κ1) is 14.2. The fourth-order valence-corrected chi connectivity index (χ4v) is 2.71. The lowest BCUT2D eigenvalue weighted by molar-refractivity contribution is 0.0690. The molecule has 0 atom stereocenters. The zero-order valence-electron chi connectivity index (χ0n) is 10.9. The number of carbonyl (C=O) groups is 1. The van der Waals surface area contributed by atoms with Crippen LogP contribution in [-0.2, 0) is 6.54 Å². The van der Waals surface area contributed by atoms with E-state index in [0.29, 0.717) is 25.2 Å². The molecule has 1 aromatic heterocycles. The van der Waals surface area contributed by atoms with E-state index in [2.05, 4.69) is 31.1 Å². The number of benzene rings is 1. The number of rotatable bonds is 4. The molecule has 3 rings (SSSR count). The van der Waals surface area contributed by atoms with Crippen LogP contribution in [0, 0.1) is 5.82 Å². The minimum Gasteiger partial charge on any atom is -0.476 e. The van der Waals surface area contributed by atoms with Gasteiger partial charge in [-0.2, -0.15) is 0 Å². The molecule has 1 aliphatic rings. The summed E-state index contributed by atoms with van der Waals surface area (Å²) in [5, 5.41) is 16.2. The second kappa shape index (κ2) is 5.53. The Morgan fingerprint density at radius 2 is 2.24 bits per heavy atom. The molecule has 110 valence electrons. The van der Waals surface area contributed by atoms with Crippen molar-refractivity contribution in [3.63, 3.8) is 0 Å². The summed E-state index contributed by atoms with van der Waals surface area (Å²) in [5.74, 6) is -1.32. The predicted molar refractivity (Wildman–Crippen MR) is 75.4 cm³/mol. The molecule has 6 nitrogen and oxygen atoms in total. The van der Waals surface area contributed by atoms with Crippen LogP contribution in [0.5, 0.6) is 0 Å². The minimum atomic E-state index is -1.09. The van der Waals surface area contributed by atoms with E-state index in [9.17, 15) is 9.18 Å². The molecule has 0 spiro atoms. The number of nitrogens with zero attached hydrogens (tertiary/aromatic N) is 4. The average molecular weight is 355 g/mol. The smallest absolute Gasteiger partial charge is 0.358 e. The maximum absolute atomic E-state index is 13.7. The van der Waals surface area contributed by atoms with Gasteiger partial charge in [-0.1, -0.05) is 21.1 Å². The molecule has 1 fully saturated rings. The molecule has 0 radical (unpaired) electrons. The van der Waals surface area contributed by atoms with Crippen molar-refractivity contribution in [1.29, 1.82) is 0 Å². The number of likely N-dealkylation sites (tertiary alicyclic amines) is 1. The lowest BCUT2D eigenvalue weighted by Crippen LogP contribution is -2.47. The Balaban J connectivity index is 1.60. The highest BCUT2D eigenvalue weighted by Crippen LogP contribution is 2.24. The molecule has 1 aliphatic heterocycles. The van der Waals surface area contributed by atoms with E-state index in [1.165, 1.54) is 12.3 Å². The van der Waals surface area contributed by atoms with Gasteiger partial charge in [0, 0.05) is 29.7 Å². The molecule has 0 amide bonds. The zero-order valence-corrected chi connectivity index (χ0v) is 12.5. The maximum Gasteiger partial charge on any atom is 0.358 e. The van der Waals surface area contributed by atoms with E-state index in [4.69, 9.17) is 5.11 Å². The van der Waals surface area contributed by atoms with Gasteiger partial charge < -0.3 is 5.11 Å². The second-order valence-electron chi connectivity index (χ2n) is 4.97. The first-order valence-electron chi connectivity index (χ1n) is 6.34. The molecule has 1 aromatic carbocycles. The van der Waals surface area contributed by atoms with Gasteiger partial charge in [-0.05, 0) is 18.2 Å². The van der Waals surface area contributed by atoms with Crippen molar-refractivity contribution < 1.29 is 14.3 Å². The number of aromatic nitrogens is 3. The Morgan fingerprint density at radius 1 is 1.48 bits per heavy atom. The molecular weight excluding hydrogens is 343 g/mol. The summed E-state index contributed by atoms with van der Waals surface area (Å²) in [6.07, 6.45) is 1.42. The summed E-state index contributed by atoms with van der Waals surface area (Å²) < 4.78 is 16.1. The molecular formula is C13H12BrFN4O2. The predicted octanol–water partition coefficient (Wildman–Crippen LogP) is 1.93. The molecule has 1 saturated heterocycles. The largest absolute Gasteiger partial charge is 0.476 e. The number of hydrogen-bond acceptors (Lipinski definition) is 4. The quantitative estimate of drug-likeness (QED) is 0.908. The zero-order chi connectivity index (χ0) is 15.0. The van der Waals surface area contributed by atoms with Crippen molar-refractivity contribution >= 4 is 21.9 Å².